The maximum atomic E-state index is 13.3. The van der Waals surface area contributed by atoms with Gasteiger partial charge in [-0.1, -0.05) is 29.3 Å². The van der Waals surface area contributed by atoms with Crippen LogP contribution in [0, 0.1) is 0 Å². The van der Waals surface area contributed by atoms with Crippen LogP contribution < -0.4 is 14.4 Å². The highest BCUT2D eigenvalue weighted by molar-refractivity contribution is 6.42. The molecule has 2 aromatic carbocycles. The number of halogens is 2. The van der Waals surface area contributed by atoms with Gasteiger partial charge in [-0.3, -0.25) is 9.69 Å². The first-order chi connectivity index (χ1) is 13.9. The first kappa shape index (κ1) is 19.4. The van der Waals surface area contributed by atoms with E-state index in [0.29, 0.717) is 38.5 Å². The molecule has 6 nitrogen and oxygen atoms in total. The highest BCUT2D eigenvalue weighted by Gasteiger charge is 2.38. The predicted octanol–water partition coefficient (Wildman–Crippen LogP) is 4.60. The van der Waals surface area contributed by atoms with Crippen molar-refractivity contribution in [2.75, 3.05) is 18.8 Å². The molecule has 148 valence electrons. The molecule has 29 heavy (non-hydrogen) atoms. The van der Waals surface area contributed by atoms with E-state index in [1.165, 1.54) is 12.0 Å². The Kier molecular flexibility index (Phi) is 4.98. The summed E-state index contributed by atoms with van der Waals surface area (Å²) in [6, 6.07) is 10.1. The van der Waals surface area contributed by atoms with Gasteiger partial charge in [0, 0.05) is 5.70 Å². The van der Waals surface area contributed by atoms with Gasteiger partial charge in [0.15, 0.2) is 11.5 Å². The minimum atomic E-state index is -0.606. The van der Waals surface area contributed by atoms with Crippen LogP contribution in [-0.2, 0) is 14.3 Å². The van der Waals surface area contributed by atoms with Crippen molar-refractivity contribution in [3.05, 3.63) is 68.9 Å². The van der Waals surface area contributed by atoms with Crippen molar-refractivity contribution in [2.24, 2.45) is 0 Å². The number of fused-ring (bicyclic) bond motifs is 1. The number of methoxy groups -OCH3 is 1. The number of hydrogen-bond acceptors (Lipinski definition) is 5. The second-order valence-electron chi connectivity index (χ2n) is 6.36. The van der Waals surface area contributed by atoms with Crippen LogP contribution in [-0.4, -0.2) is 25.8 Å². The third-order valence-electron chi connectivity index (χ3n) is 4.66. The van der Waals surface area contributed by atoms with Crippen molar-refractivity contribution < 1.29 is 23.8 Å². The normalized spacial score (nSPS) is 16.8. The summed E-state index contributed by atoms with van der Waals surface area (Å²) >= 11 is 12.1. The molecule has 0 spiro atoms. The van der Waals surface area contributed by atoms with Gasteiger partial charge < -0.3 is 14.2 Å². The lowest BCUT2D eigenvalue weighted by molar-refractivity contribution is -0.136. The van der Waals surface area contributed by atoms with Crippen molar-refractivity contribution in [3.63, 3.8) is 0 Å². The maximum absolute atomic E-state index is 13.3. The van der Waals surface area contributed by atoms with Crippen LogP contribution in [0.1, 0.15) is 12.5 Å². The Hall–Kier alpha value is -2.96. The first-order valence-corrected chi connectivity index (χ1v) is 9.36. The molecule has 2 aromatic rings. The molecule has 0 radical (unpaired) electrons. The van der Waals surface area contributed by atoms with Crippen LogP contribution in [0.2, 0.25) is 10.0 Å². The molecule has 0 atom stereocenters. The molecule has 1 amide bonds. The van der Waals surface area contributed by atoms with E-state index in [1.54, 1.807) is 49.4 Å². The number of amides is 1. The zero-order chi connectivity index (χ0) is 20.7. The number of carbonyl (C=O) groups excluding carboxylic acids is 2. The molecule has 0 bridgehead atoms. The van der Waals surface area contributed by atoms with E-state index < -0.39 is 5.97 Å². The average molecular weight is 432 g/mol. The highest BCUT2D eigenvalue weighted by Crippen LogP contribution is 2.39. The standard InChI is InChI=1S/C21H15Cl2NO5/c1-11-19(21(26)27-2)14(7-12-3-6-17-18(8-12)29-10-28-17)20(25)24(11)13-4-5-15(22)16(23)9-13/h3-9H,10H2,1-2H3/b14-7-. The van der Waals surface area contributed by atoms with Gasteiger partial charge in [0.2, 0.25) is 6.79 Å². The number of hydrogen-bond donors (Lipinski definition) is 0. The zero-order valence-corrected chi connectivity index (χ0v) is 17.0. The van der Waals surface area contributed by atoms with E-state index in [4.69, 9.17) is 37.4 Å². The fourth-order valence-corrected chi connectivity index (χ4v) is 3.58. The Labute approximate surface area is 176 Å². The summed E-state index contributed by atoms with van der Waals surface area (Å²) in [5.74, 6) is 0.220. The van der Waals surface area contributed by atoms with Gasteiger partial charge in [-0.25, -0.2) is 4.79 Å². The number of anilines is 1. The molecule has 0 unspecified atom stereocenters. The number of allylic oxidation sites excluding steroid dienone is 1. The van der Waals surface area contributed by atoms with Gasteiger partial charge in [-0.2, -0.15) is 0 Å². The van der Waals surface area contributed by atoms with E-state index >= 15 is 0 Å². The van der Waals surface area contributed by atoms with Gasteiger partial charge in [0.25, 0.3) is 5.91 Å². The van der Waals surface area contributed by atoms with Gasteiger partial charge >= 0.3 is 5.97 Å². The SMILES string of the molecule is COC(=O)C1=C(C)N(c2ccc(Cl)c(Cl)c2)C(=O)/C1=C\c1ccc2c(c1)OCO2. The van der Waals surface area contributed by atoms with E-state index in [0.717, 1.165) is 0 Å². The molecular formula is C21H15Cl2NO5. The fraction of sp³-hybridized carbons (Fsp3) is 0.143. The summed E-state index contributed by atoms with van der Waals surface area (Å²) in [7, 11) is 1.27. The number of esters is 1. The summed E-state index contributed by atoms with van der Waals surface area (Å²) in [5, 5.41) is 0.672. The second-order valence-corrected chi connectivity index (χ2v) is 7.18. The van der Waals surface area contributed by atoms with Gasteiger partial charge in [0.05, 0.1) is 34.0 Å². The van der Waals surface area contributed by atoms with Crippen molar-refractivity contribution >= 4 is 46.8 Å². The fourth-order valence-electron chi connectivity index (χ4n) is 3.28. The molecule has 0 aromatic heterocycles. The quantitative estimate of drug-likeness (QED) is 0.524. The molecule has 4 rings (SSSR count). The van der Waals surface area contributed by atoms with Gasteiger partial charge in [-0.15, -0.1) is 0 Å². The summed E-state index contributed by atoms with van der Waals surface area (Å²) in [6.45, 7) is 1.82. The van der Waals surface area contributed by atoms with E-state index in [1.807, 2.05) is 0 Å². The monoisotopic (exact) mass is 431 g/mol. The summed E-state index contributed by atoms with van der Waals surface area (Å²) in [6.07, 6.45) is 1.62. The van der Waals surface area contributed by atoms with Crippen LogP contribution in [0.4, 0.5) is 5.69 Å². The molecule has 2 aliphatic heterocycles. The molecule has 0 saturated carbocycles. The van der Waals surface area contributed by atoms with Crippen molar-refractivity contribution in [3.8, 4) is 11.5 Å². The summed E-state index contributed by atoms with van der Waals surface area (Å²) < 4.78 is 15.6. The smallest absolute Gasteiger partial charge is 0.340 e. The largest absolute Gasteiger partial charge is 0.465 e. The molecule has 8 heteroatoms. The number of carbonyl (C=O) groups is 2. The Morgan fingerprint density at radius 1 is 1.10 bits per heavy atom. The topological polar surface area (TPSA) is 65.1 Å². The van der Waals surface area contributed by atoms with Crippen LogP contribution in [0.3, 0.4) is 0 Å². The number of ether oxygens (including phenoxy) is 3. The minimum Gasteiger partial charge on any atom is -0.465 e. The lowest BCUT2D eigenvalue weighted by Gasteiger charge is -2.18. The van der Waals surface area contributed by atoms with Crippen LogP contribution in [0.5, 0.6) is 11.5 Å². The molecular weight excluding hydrogens is 417 g/mol. The molecule has 2 aliphatic rings. The van der Waals surface area contributed by atoms with Gasteiger partial charge in [-0.05, 0) is 48.9 Å². The molecule has 0 N–H and O–H groups in total. The lowest BCUT2D eigenvalue weighted by Crippen LogP contribution is -2.24. The Morgan fingerprint density at radius 2 is 1.86 bits per heavy atom. The Bertz CT molecular complexity index is 1110. The third-order valence-corrected chi connectivity index (χ3v) is 5.40. The van der Waals surface area contributed by atoms with E-state index in [2.05, 4.69) is 0 Å². The number of rotatable bonds is 3. The Balaban J connectivity index is 1.82. The van der Waals surface area contributed by atoms with Crippen molar-refractivity contribution in [2.45, 2.75) is 6.92 Å². The average Bonchev–Trinajstić information content (AvgIpc) is 3.26. The molecule has 0 saturated heterocycles. The zero-order valence-electron chi connectivity index (χ0n) is 15.5. The molecule has 0 fully saturated rings. The van der Waals surface area contributed by atoms with E-state index in [9.17, 15) is 9.59 Å². The second kappa shape index (κ2) is 7.46. The highest BCUT2D eigenvalue weighted by atomic mass is 35.5. The van der Waals surface area contributed by atoms with Crippen molar-refractivity contribution in [1.82, 2.24) is 0 Å². The number of nitrogens with zero attached hydrogens (tertiary/aromatic N) is 1. The molecule has 2 heterocycles. The first-order valence-electron chi connectivity index (χ1n) is 8.61. The van der Waals surface area contributed by atoms with Gasteiger partial charge in [0.1, 0.15) is 0 Å². The Morgan fingerprint density at radius 3 is 2.59 bits per heavy atom. The van der Waals surface area contributed by atoms with Crippen LogP contribution in [0.25, 0.3) is 6.08 Å². The van der Waals surface area contributed by atoms with E-state index in [-0.39, 0.29) is 23.8 Å². The maximum Gasteiger partial charge on any atom is 0.340 e. The van der Waals surface area contributed by atoms with Crippen LogP contribution in [0.15, 0.2) is 53.2 Å². The predicted molar refractivity (Wildman–Crippen MR) is 109 cm³/mol. The third kappa shape index (κ3) is 3.34. The lowest BCUT2D eigenvalue weighted by atomic mass is 10.0. The summed E-state index contributed by atoms with van der Waals surface area (Å²) in [5.41, 5.74) is 2.01. The number of benzene rings is 2. The summed E-state index contributed by atoms with van der Waals surface area (Å²) in [4.78, 5) is 27.1. The molecule has 0 aliphatic carbocycles. The minimum absolute atomic E-state index is 0.145. The van der Waals surface area contributed by atoms with Crippen molar-refractivity contribution in [1.29, 1.82) is 0 Å². The van der Waals surface area contributed by atoms with Crippen LogP contribution >= 0.6 is 23.2 Å².